The molecule has 0 spiro atoms. The van der Waals surface area contributed by atoms with E-state index in [1.807, 2.05) is 49.4 Å². The molecule has 2 rings (SSSR count). The zero-order valence-electron chi connectivity index (χ0n) is 10.0. The number of aliphatic hydroxyl groups excluding tert-OH is 1. The van der Waals surface area contributed by atoms with Gasteiger partial charge in [-0.25, -0.2) is 0 Å². The van der Waals surface area contributed by atoms with E-state index in [0.717, 1.165) is 21.2 Å². The van der Waals surface area contributed by atoms with Crippen LogP contribution in [0.5, 0.6) is 0 Å². The van der Waals surface area contributed by atoms with E-state index in [1.165, 1.54) is 0 Å². The third kappa shape index (κ3) is 3.35. The van der Waals surface area contributed by atoms with Crippen LogP contribution in [-0.2, 0) is 6.42 Å². The van der Waals surface area contributed by atoms with Gasteiger partial charge in [0.25, 0.3) is 0 Å². The Hall–Kier alpha value is -0.830. The lowest BCUT2D eigenvalue weighted by Gasteiger charge is -2.14. The van der Waals surface area contributed by atoms with Crippen molar-refractivity contribution < 1.29 is 5.11 Å². The van der Waals surface area contributed by atoms with Gasteiger partial charge in [0, 0.05) is 15.9 Å². The second-order valence-corrected chi connectivity index (χ2v) is 5.70. The Morgan fingerprint density at radius 3 is 2.50 bits per heavy atom. The summed E-state index contributed by atoms with van der Waals surface area (Å²) >= 11 is 9.27. The lowest BCUT2D eigenvalue weighted by molar-refractivity contribution is 0.177. The van der Waals surface area contributed by atoms with E-state index in [0.29, 0.717) is 11.4 Å². The minimum atomic E-state index is -0.497. The lowest BCUT2D eigenvalue weighted by Crippen LogP contribution is -2.03. The van der Waals surface area contributed by atoms with Crippen LogP contribution < -0.4 is 0 Å². The Morgan fingerprint density at radius 1 is 1.17 bits per heavy atom. The van der Waals surface area contributed by atoms with E-state index in [4.69, 9.17) is 11.6 Å². The fourth-order valence-corrected chi connectivity index (χ4v) is 2.43. The van der Waals surface area contributed by atoms with Crippen molar-refractivity contribution in [2.45, 2.75) is 19.4 Å². The Bertz CT molecular complexity index is 537. The third-order valence-corrected chi connectivity index (χ3v) is 3.69. The second kappa shape index (κ2) is 5.87. The molecular formula is C15H14BrClO. The van der Waals surface area contributed by atoms with Crippen molar-refractivity contribution in [3.8, 4) is 0 Å². The maximum atomic E-state index is 10.3. The predicted molar refractivity (Wildman–Crippen MR) is 79.0 cm³/mol. The summed E-state index contributed by atoms with van der Waals surface area (Å²) in [6, 6.07) is 13.5. The van der Waals surface area contributed by atoms with Crippen LogP contribution in [0.3, 0.4) is 0 Å². The Labute approximate surface area is 121 Å². The molecule has 1 nitrogen and oxygen atoms in total. The predicted octanol–water partition coefficient (Wildman–Crippen LogP) is 4.69. The standard InChI is InChI=1S/C15H14BrClO/c1-10-2-5-12(16)9-14(10)15(18)8-11-3-6-13(17)7-4-11/h2-7,9,15,18H,8H2,1H3. The van der Waals surface area contributed by atoms with Crippen LogP contribution in [0.4, 0.5) is 0 Å². The summed E-state index contributed by atoms with van der Waals surface area (Å²) in [5, 5.41) is 11.0. The van der Waals surface area contributed by atoms with Crippen molar-refractivity contribution >= 4 is 27.5 Å². The zero-order chi connectivity index (χ0) is 13.1. The van der Waals surface area contributed by atoms with E-state index in [1.54, 1.807) is 0 Å². The number of aliphatic hydroxyl groups is 1. The van der Waals surface area contributed by atoms with Gasteiger partial charge in [-0.3, -0.25) is 0 Å². The molecule has 1 unspecified atom stereocenters. The van der Waals surface area contributed by atoms with Gasteiger partial charge < -0.3 is 5.11 Å². The summed E-state index contributed by atoms with van der Waals surface area (Å²) in [5.74, 6) is 0. The van der Waals surface area contributed by atoms with Gasteiger partial charge in [-0.2, -0.15) is 0 Å². The monoisotopic (exact) mass is 324 g/mol. The van der Waals surface area contributed by atoms with Gasteiger partial charge in [0.15, 0.2) is 0 Å². The summed E-state index contributed by atoms with van der Waals surface area (Å²) in [7, 11) is 0. The quantitative estimate of drug-likeness (QED) is 0.868. The fourth-order valence-electron chi connectivity index (χ4n) is 1.92. The molecule has 0 saturated carbocycles. The van der Waals surface area contributed by atoms with Crippen molar-refractivity contribution in [2.75, 3.05) is 0 Å². The maximum Gasteiger partial charge on any atom is 0.0833 e. The van der Waals surface area contributed by atoms with Gasteiger partial charge in [0.2, 0.25) is 0 Å². The molecule has 94 valence electrons. The van der Waals surface area contributed by atoms with Crippen molar-refractivity contribution in [3.63, 3.8) is 0 Å². The molecule has 3 heteroatoms. The number of hydrogen-bond donors (Lipinski definition) is 1. The smallest absolute Gasteiger partial charge is 0.0833 e. The van der Waals surface area contributed by atoms with Crippen LogP contribution in [0.1, 0.15) is 22.8 Å². The molecule has 1 atom stereocenters. The first-order chi connectivity index (χ1) is 8.56. The van der Waals surface area contributed by atoms with Crippen molar-refractivity contribution in [1.29, 1.82) is 0 Å². The zero-order valence-corrected chi connectivity index (χ0v) is 12.4. The molecule has 0 heterocycles. The molecule has 0 aliphatic carbocycles. The van der Waals surface area contributed by atoms with E-state index >= 15 is 0 Å². The molecule has 1 N–H and O–H groups in total. The van der Waals surface area contributed by atoms with Crippen LogP contribution in [-0.4, -0.2) is 5.11 Å². The summed E-state index contributed by atoms with van der Waals surface area (Å²) in [4.78, 5) is 0. The van der Waals surface area contributed by atoms with E-state index in [-0.39, 0.29) is 0 Å². The molecule has 0 saturated heterocycles. The Kier molecular flexibility index (Phi) is 4.44. The van der Waals surface area contributed by atoms with Crippen LogP contribution in [0.25, 0.3) is 0 Å². The van der Waals surface area contributed by atoms with Gasteiger partial charge >= 0.3 is 0 Å². The Balaban J connectivity index is 2.18. The molecule has 0 amide bonds. The van der Waals surface area contributed by atoms with E-state index in [9.17, 15) is 5.11 Å². The second-order valence-electron chi connectivity index (χ2n) is 4.35. The number of aryl methyl sites for hydroxylation is 1. The first-order valence-electron chi connectivity index (χ1n) is 5.75. The van der Waals surface area contributed by atoms with Crippen LogP contribution in [0, 0.1) is 6.92 Å². The summed E-state index contributed by atoms with van der Waals surface area (Å²) in [6.07, 6.45) is 0.0951. The first-order valence-corrected chi connectivity index (χ1v) is 6.92. The van der Waals surface area contributed by atoms with Gasteiger partial charge in [-0.1, -0.05) is 45.7 Å². The van der Waals surface area contributed by atoms with Crippen molar-refractivity contribution in [2.24, 2.45) is 0 Å². The van der Waals surface area contributed by atoms with Gasteiger partial charge in [0.05, 0.1) is 6.10 Å². The molecule has 2 aromatic carbocycles. The number of hydrogen-bond acceptors (Lipinski definition) is 1. The van der Waals surface area contributed by atoms with Crippen LogP contribution >= 0.6 is 27.5 Å². The van der Waals surface area contributed by atoms with Gasteiger partial charge in [-0.05, 0) is 47.9 Å². The molecule has 2 aromatic rings. The minimum Gasteiger partial charge on any atom is -0.388 e. The molecule has 0 aliphatic rings. The maximum absolute atomic E-state index is 10.3. The lowest BCUT2D eigenvalue weighted by atomic mass is 9.98. The number of halogens is 2. The fraction of sp³-hybridized carbons (Fsp3) is 0.200. The highest BCUT2D eigenvalue weighted by Crippen LogP contribution is 2.25. The third-order valence-electron chi connectivity index (χ3n) is 2.94. The summed E-state index contributed by atoms with van der Waals surface area (Å²) in [6.45, 7) is 2.01. The molecule has 18 heavy (non-hydrogen) atoms. The average molecular weight is 326 g/mol. The van der Waals surface area contributed by atoms with Crippen LogP contribution in [0.2, 0.25) is 5.02 Å². The topological polar surface area (TPSA) is 20.2 Å². The number of rotatable bonds is 3. The largest absolute Gasteiger partial charge is 0.388 e. The highest BCUT2D eigenvalue weighted by molar-refractivity contribution is 9.10. The molecular weight excluding hydrogens is 312 g/mol. The van der Waals surface area contributed by atoms with Crippen molar-refractivity contribution in [3.05, 3.63) is 68.7 Å². The van der Waals surface area contributed by atoms with Crippen LogP contribution in [0.15, 0.2) is 46.9 Å². The molecule has 0 aromatic heterocycles. The molecule has 0 bridgehead atoms. The highest BCUT2D eigenvalue weighted by Gasteiger charge is 2.11. The van der Waals surface area contributed by atoms with Crippen molar-refractivity contribution in [1.82, 2.24) is 0 Å². The molecule has 0 radical (unpaired) electrons. The minimum absolute atomic E-state index is 0.497. The van der Waals surface area contributed by atoms with Gasteiger partial charge in [-0.15, -0.1) is 0 Å². The normalized spacial score (nSPS) is 12.4. The molecule has 0 fully saturated rings. The van der Waals surface area contributed by atoms with Gasteiger partial charge in [0.1, 0.15) is 0 Å². The van der Waals surface area contributed by atoms with E-state index < -0.39 is 6.10 Å². The molecule has 0 aliphatic heterocycles. The summed E-state index contributed by atoms with van der Waals surface area (Å²) in [5.41, 5.74) is 3.13. The average Bonchev–Trinajstić information content (AvgIpc) is 2.35. The number of benzene rings is 2. The summed E-state index contributed by atoms with van der Waals surface area (Å²) < 4.78 is 0.984. The Morgan fingerprint density at radius 2 is 1.83 bits per heavy atom. The van der Waals surface area contributed by atoms with E-state index in [2.05, 4.69) is 15.9 Å². The SMILES string of the molecule is Cc1ccc(Br)cc1C(O)Cc1ccc(Cl)cc1. The first kappa shape index (κ1) is 13.6. The highest BCUT2D eigenvalue weighted by atomic mass is 79.9.